The predicted molar refractivity (Wildman–Crippen MR) is 144 cm³/mol. The van der Waals surface area contributed by atoms with Crippen LogP contribution < -0.4 is 0 Å². The average Bonchev–Trinajstić information content (AvgIpc) is 3.23. The fourth-order valence-corrected chi connectivity index (χ4v) is 8.26. The van der Waals surface area contributed by atoms with Gasteiger partial charge in [-0.05, 0) is 47.4 Å². The zero-order valence-corrected chi connectivity index (χ0v) is 23.1. The molecule has 0 amide bonds. The van der Waals surface area contributed by atoms with Crippen LogP contribution in [0, 0.1) is 26.9 Å². The van der Waals surface area contributed by atoms with Crippen molar-refractivity contribution in [3.05, 3.63) is 86.8 Å². The Morgan fingerprint density at radius 1 is 1.08 bits per heavy atom. The highest BCUT2D eigenvalue weighted by atomic mass is 32.2. The zero-order valence-electron chi connectivity index (χ0n) is 22.3. The van der Waals surface area contributed by atoms with E-state index in [-0.39, 0.29) is 47.0 Å². The minimum absolute atomic E-state index is 0.0188. The lowest BCUT2D eigenvalue weighted by atomic mass is 9.70. The summed E-state index contributed by atoms with van der Waals surface area (Å²) in [5.74, 6) is -0.454. The van der Waals surface area contributed by atoms with Gasteiger partial charge in [-0.2, -0.15) is 0 Å². The topological polar surface area (TPSA) is 105 Å². The van der Waals surface area contributed by atoms with Gasteiger partial charge in [-0.3, -0.25) is 14.3 Å². The third-order valence-electron chi connectivity index (χ3n) is 8.62. The Bertz CT molecular complexity index is 1210. The van der Waals surface area contributed by atoms with Crippen molar-refractivity contribution < 1.29 is 28.1 Å². The number of methoxy groups -OCH3 is 1. The van der Waals surface area contributed by atoms with E-state index in [2.05, 4.69) is 20.8 Å². The summed E-state index contributed by atoms with van der Waals surface area (Å²) in [6.45, 7) is 6.94. The van der Waals surface area contributed by atoms with Gasteiger partial charge in [0, 0.05) is 35.6 Å². The van der Waals surface area contributed by atoms with Crippen molar-refractivity contribution in [3.63, 3.8) is 0 Å². The molecule has 9 heteroatoms. The molecule has 0 spiro atoms. The van der Waals surface area contributed by atoms with Crippen LogP contribution in [-0.2, 0) is 43.0 Å². The van der Waals surface area contributed by atoms with E-state index in [1.165, 1.54) is 18.2 Å². The number of rotatable bonds is 11. The number of hydrogen-bond donors (Lipinski definition) is 0. The largest absolute Gasteiger partial charge is 0.458 e. The number of fused-ring (bicyclic) bond motifs is 2. The van der Waals surface area contributed by atoms with Crippen LogP contribution in [0.1, 0.15) is 44.7 Å². The molecule has 2 aliphatic carbocycles. The van der Waals surface area contributed by atoms with Crippen LogP contribution in [0.2, 0.25) is 0 Å². The van der Waals surface area contributed by atoms with Crippen molar-refractivity contribution in [2.45, 2.75) is 58.2 Å². The molecule has 0 aromatic heterocycles. The Balaban J connectivity index is 1.52. The second-order valence-electron chi connectivity index (χ2n) is 10.8. The number of carbonyl (C=O) groups excluding carboxylic acids is 1. The molecule has 4 rings (SSSR count). The molecule has 0 heterocycles. The van der Waals surface area contributed by atoms with Crippen molar-refractivity contribution in [1.29, 1.82) is 0 Å². The summed E-state index contributed by atoms with van der Waals surface area (Å²) in [5, 5.41) is 10.6. The van der Waals surface area contributed by atoms with E-state index in [1.807, 2.05) is 30.3 Å². The number of non-ortho nitro benzene ring substituents is 1. The molecule has 2 fully saturated rings. The van der Waals surface area contributed by atoms with Crippen LogP contribution in [0.25, 0.3) is 0 Å². The first-order valence-electron chi connectivity index (χ1n) is 12.7. The summed E-state index contributed by atoms with van der Waals surface area (Å²) >= 11 is 0. The van der Waals surface area contributed by atoms with Crippen LogP contribution in [0.15, 0.2) is 65.6 Å². The first-order valence-corrected chi connectivity index (χ1v) is 14.0. The van der Waals surface area contributed by atoms with Gasteiger partial charge in [0.05, 0.1) is 40.3 Å². The number of hydrogen-bond acceptors (Lipinski definition) is 7. The van der Waals surface area contributed by atoms with Gasteiger partial charge in [0.2, 0.25) is 0 Å². The van der Waals surface area contributed by atoms with Gasteiger partial charge < -0.3 is 14.2 Å². The van der Waals surface area contributed by atoms with Gasteiger partial charge in [-0.1, -0.05) is 51.1 Å². The lowest BCUT2D eigenvalue weighted by Crippen LogP contribution is -2.43. The highest BCUT2D eigenvalue weighted by Gasteiger charge is 2.68. The van der Waals surface area contributed by atoms with Crippen LogP contribution in [0.4, 0.5) is 5.69 Å². The first-order chi connectivity index (χ1) is 18.1. The highest BCUT2D eigenvalue weighted by Crippen LogP contribution is 2.67. The number of carbonyl (C=O) groups is 1. The quantitative estimate of drug-likeness (QED) is 0.164. The second kappa shape index (κ2) is 11.5. The minimum atomic E-state index is -1.53. The van der Waals surface area contributed by atoms with E-state index in [4.69, 9.17) is 14.2 Å². The van der Waals surface area contributed by atoms with Crippen molar-refractivity contribution in [2.75, 3.05) is 13.7 Å². The van der Waals surface area contributed by atoms with Crippen LogP contribution in [-0.4, -0.2) is 40.2 Å². The lowest BCUT2D eigenvalue weighted by Gasteiger charge is -2.39. The molecule has 0 aliphatic heterocycles. The lowest BCUT2D eigenvalue weighted by molar-refractivity contribution is -0.384. The van der Waals surface area contributed by atoms with Gasteiger partial charge in [0.1, 0.15) is 6.61 Å². The third kappa shape index (κ3) is 5.46. The number of ether oxygens (including phenoxy) is 3. The first kappa shape index (κ1) is 28.1. The molecular formula is C29H35NO7S. The molecule has 204 valence electrons. The second-order valence-corrected chi connectivity index (χ2v) is 12.5. The predicted octanol–water partition coefficient (Wildman–Crippen LogP) is 5.33. The SMILES string of the molecule is CO[C@@H]1[C@H](S(=O)/C(=C/C(=O)OCc2ccc([N+](=O)[O-])cc2)COCc2ccccc2)[C@H]2CC[C@@]1(C)C2(C)C. The van der Waals surface area contributed by atoms with E-state index in [0.717, 1.165) is 18.4 Å². The number of nitro benzene ring substituents is 1. The van der Waals surface area contributed by atoms with Crippen molar-refractivity contribution in [2.24, 2.45) is 16.7 Å². The highest BCUT2D eigenvalue weighted by molar-refractivity contribution is 7.89. The van der Waals surface area contributed by atoms with Crippen molar-refractivity contribution in [3.8, 4) is 0 Å². The fraction of sp³-hybridized carbons (Fsp3) is 0.483. The molecule has 2 saturated carbocycles. The van der Waals surface area contributed by atoms with Crippen molar-refractivity contribution >= 4 is 22.5 Å². The molecular weight excluding hydrogens is 506 g/mol. The molecule has 8 nitrogen and oxygen atoms in total. The monoisotopic (exact) mass is 541 g/mol. The maximum atomic E-state index is 14.1. The van der Waals surface area contributed by atoms with Gasteiger partial charge in [-0.25, -0.2) is 4.79 Å². The third-order valence-corrected chi connectivity index (χ3v) is 10.4. The molecule has 0 radical (unpaired) electrons. The minimum Gasteiger partial charge on any atom is -0.458 e. The Labute approximate surface area is 226 Å². The molecule has 38 heavy (non-hydrogen) atoms. The molecule has 2 bridgehead atoms. The summed E-state index contributed by atoms with van der Waals surface area (Å²) in [6.07, 6.45) is 3.05. The molecule has 1 unspecified atom stereocenters. The molecule has 0 saturated heterocycles. The van der Waals surface area contributed by atoms with Crippen LogP contribution in [0.3, 0.4) is 0 Å². The number of esters is 1. The standard InChI is InChI=1S/C29H35NO7S/c1-28(2)24-14-15-29(28,3)27(35-4)26(24)38(34)23(19-36-17-20-8-6-5-7-9-20)16-25(31)37-18-21-10-12-22(13-11-21)30(32)33/h5-13,16,24,26-27H,14-15,17-19H2,1-4H3/b23-16+/t24-,26-,27-,29-,38?/m1/s1. The molecule has 2 aromatic carbocycles. The van der Waals surface area contributed by atoms with Gasteiger partial charge in [-0.15, -0.1) is 0 Å². The van der Waals surface area contributed by atoms with Gasteiger partial charge in [0.25, 0.3) is 5.69 Å². The Morgan fingerprint density at radius 2 is 1.74 bits per heavy atom. The summed E-state index contributed by atoms with van der Waals surface area (Å²) in [4.78, 5) is 23.6. The number of nitrogens with zero attached hydrogens (tertiary/aromatic N) is 1. The smallest absolute Gasteiger partial charge is 0.332 e. The van der Waals surface area contributed by atoms with Crippen LogP contribution >= 0.6 is 0 Å². The van der Waals surface area contributed by atoms with E-state index in [0.29, 0.717) is 17.1 Å². The maximum Gasteiger partial charge on any atom is 0.332 e. The summed E-state index contributed by atoms with van der Waals surface area (Å²) in [5.41, 5.74) is 1.38. The van der Waals surface area contributed by atoms with E-state index in [9.17, 15) is 19.1 Å². The number of nitro groups is 1. The molecule has 2 aliphatic rings. The Morgan fingerprint density at radius 3 is 2.37 bits per heavy atom. The van der Waals surface area contributed by atoms with E-state index in [1.54, 1.807) is 19.2 Å². The van der Waals surface area contributed by atoms with Gasteiger partial charge >= 0.3 is 5.97 Å². The Kier molecular flexibility index (Phi) is 8.49. The van der Waals surface area contributed by atoms with E-state index >= 15 is 0 Å². The van der Waals surface area contributed by atoms with Gasteiger partial charge in [0.15, 0.2) is 0 Å². The normalized spacial score (nSPS) is 26.7. The molecule has 2 aromatic rings. The van der Waals surface area contributed by atoms with Crippen LogP contribution in [0.5, 0.6) is 0 Å². The summed E-state index contributed by atoms with van der Waals surface area (Å²) in [7, 11) is 0.137. The number of benzene rings is 2. The average molecular weight is 542 g/mol. The fourth-order valence-electron chi connectivity index (χ4n) is 6.09. The Hall–Kier alpha value is -2.88. The van der Waals surface area contributed by atoms with Crippen molar-refractivity contribution in [1.82, 2.24) is 0 Å². The molecule has 5 atom stereocenters. The maximum absolute atomic E-state index is 14.1. The zero-order chi connectivity index (χ0) is 27.5. The summed E-state index contributed by atoms with van der Waals surface area (Å²) < 4.78 is 31.4. The molecule has 0 N–H and O–H groups in total. The summed E-state index contributed by atoms with van der Waals surface area (Å²) in [6, 6.07) is 15.5. The van der Waals surface area contributed by atoms with E-state index < -0.39 is 21.7 Å².